The summed E-state index contributed by atoms with van der Waals surface area (Å²) in [5.41, 5.74) is 1.66. The van der Waals surface area contributed by atoms with Gasteiger partial charge in [-0.15, -0.1) is 0 Å². The summed E-state index contributed by atoms with van der Waals surface area (Å²) >= 11 is 0. The number of piperidine rings is 1. The van der Waals surface area contributed by atoms with E-state index in [1.165, 1.54) is 21.1 Å². The van der Waals surface area contributed by atoms with E-state index in [2.05, 4.69) is 46.7 Å². The summed E-state index contributed by atoms with van der Waals surface area (Å²) in [6.07, 6.45) is 6.48. The average molecular weight is 1520 g/mol. The zero-order chi connectivity index (χ0) is 78.8. The molecule has 11 rings (SSSR count). The number of likely N-dealkylation sites (N-methyl/N-ethyl adjacent to an activating group) is 1. The van der Waals surface area contributed by atoms with Crippen LogP contribution in [0.25, 0.3) is 10.9 Å². The minimum atomic E-state index is -2.72. The van der Waals surface area contributed by atoms with Crippen LogP contribution in [0.15, 0.2) is 48.6 Å². The third kappa shape index (κ3) is 14.7. The fourth-order valence-electron chi connectivity index (χ4n) is 19.9. The van der Waals surface area contributed by atoms with Crippen LogP contribution in [0.4, 0.5) is 5.69 Å². The molecule has 6 unspecified atom stereocenters. The number of carbonyl (C=O) groups is 11. The summed E-state index contributed by atoms with van der Waals surface area (Å²) in [6.45, 7) is 6.05. The van der Waals surface area contributed by atoms with E-state index in [9.17, 15) is 59.1 Å². The van der Waals surface area contributed by atoms with Gasteiger partial charge in [-0.05, 0) is 119 Å². The van der Waals surface area contributed by atoms with E-state index in [-0.39, 0.29) is 44.6 Å². The molecule has 2 aliphatic carbocycles. The van der Waals surface area contributed by atoms with Gasteiger partial charge in [-0.1, -0.05) is 70.4 Å². The molecule has 0 radical (unpaired) electrons. The van der Waals surface area contributed by atoms with Gasteiger partial charge in [0.1, 0.15) is 53.5 Å². The molecule has 8 amide bonds. The number of hydrogen-bond acceptors (Lipinski definition) is 23. The normalized spacial score (nSPS) is 29.3. The number of aromatic amines is 1. The van der Waals surface area contributed by atoms with Crippen LogP contribution in [0.1, 0.15) is 146 Å². The van der Waals surface area contributed by atoms with Crippen molar-refractivity contribution in [2.75, 3.05) is 92.4 Å². The molecule has 2 aromatic carbocycles. The number of aliphatic hydroxyl groups excluding tert-OH is 3. The van der Waals surface area contributed by atoms with Gasteiger partial charge in [-0.2, -0.15) is 0 Å². The average Bonchev–Trinajstić information content (AvgIpc) is 1.50. The van der Waals surface area contributed by atoms with Crippen LogP contribution < -0.4 is 47.3 Å². The first-order chi connectivity index (χ1) is 52.1. The molecule has 8 aliphatic rings. The minimum absolute atomic E-state index is 0.00717. The van der Waals surface area contributed by atoms with Crippen LogP contribution in [0.2, 0.25) is 0 Å². The molecule has 6 aliphatic heterocycles. The van der Waals surface area contributed by atoms with Crippen molar-refractivity contribution in [2.24, 2.45) is 23.0 Å². The molecule has 32 nitrogen and oxygen atoms in total. The van der Waals surface area contributed by atoms with Crippen LogP contribution in [-0.4, -0.2) is 270 Å². The number of fused-ring (bicyclic) bond motifs is 6. The molecule has 5 fully saturated rings. The van der Waals surface area contributed by atoms with Crippen molar-refractivity contribution in [1.29, 1.82) is 0 Å². The third-order valence-corrected chi connectivity index (χ3v) is 24.9. The van der Waals surface area contributed by atoms with E-state index in [1.54, 1.807) is 14.0 Å². The molecule has 14 N–H and O–H groups in total. The predicted octanol–water partition coefficient (Wildman–Crippen LogP) is -0.877. The summed E-state index contributed by atoms with van der Waals surface area (Å²) < 4.78 is 25.0. The van der Waals surface area contributed by atoms with Gasteiger partial charge in [0.2, 0.25) is 52.9 Å². The Morgan fingerprint density at radius 2 is 1.36 bits per heavy atom. The van der Waals surface area contributed by atoms with E-state index >= 15 is 19.2 Å². The summed E-state index contributed by atoms with van der Waals surface area (Å²) in [5, 5.41) is 73.7. The lowest BCUT2D eigenvalue weighted by molar-refractivity contribution is -0.231. The van der Waals surface area contributed by atoms with Crippen LogP contribution in [0.3, 0.4) is 0 Å². The fourth-order valence-corrected chi connectivity index (χ4v) is 19.9. The molecule has 1 aromatic heterocycles. The van der Waals surface area contributed by atoms with Crippen molar-refractivity contribution in [3.05, 3.63) is 70.9 Å². The van der Waals surface area contributed by atoms with Gasteiger partial charge < -0.3 is 96.9 Å². The molecule has 3 aromatic rings. The quantitative estimate of drug-likeness (QED) is 0.0239. The molecular weight excluding hydrogens is 1410 g/mol. The highest BCUT2D eigenvalue weighted by Gasteiger charge is 2.81. The highest BCUT2D eigenvalue weighted by Crippen LogP contribution is 2.68. The van der Waals surface area contributed by atoms with Crippen molar-refractivity contribution in [3.8, 4) is 5.75 Å². The van der Waals surface area contributed by atoms with Gasteiger partial charge in [0.25, 0.3) is 0 Å². The number of aromatic nitrogens is 1. The van der Waals surface area contributed by atoms with Crippen LogP contribution >= 0.6 is 0 Å². The third-order valence-electron chi connectivity index (χ3n) is 24.9. The van der Waals surface area contributed by atoms with Crippen molar-refractivity contribution < 1.29 is 97.2 Å². The number of ether oxygens (including phenoxy) is 4. The minimum Gasteiger partial charge on any atom is -0.496 e. The molecule has 2 saturated carbocycles. The molecule has 3 saturated heterocycles. The second kappa shape index (κ2) is 33.0. The van der Waals surface area contributed by atoms with E-state index < -0.39 is 192 Å². The van der Waals surface area contributed by atoms with Gasteiger partial charge in [0.15, 0.2) is 6.10 Å². The Morgan fingerprint density at radius 1 is 0.706 bits per heavy atom. The number of para-hydroxylation sites is 1. The molecule has 109 heavy (non-hydrogen) atoms. The van der Waals surface area contributed by atoms with Gasteiger partial charge in [-0.25, -0.2) is 9.59 Å². The standard InChI is InChI=1S/C77H108N12O20/c1-9-49(79-42(4)93)61(95)82-52(38-90)63(97)83-53(39-91)64(98)85-59(44-19-13-12-14-20-44)65(99)81-51(24-25-58(78)94)62(96)84-54(40-92)66(100)89-30-17-23-55(89)67(101)109-70-74(11-3)27-18-29-88-32-28-75(68(74)88)47-33-48(57(106-6)34-56(47)86(5)69(75)77(70,105)72(103)108-8)76(71(102)107-7)36-43-35-73(104,10-2)41-87(37-43)31-26-46-45-21-15-16-22-50(45)80-60(46)76/h15-16,18,21-22,27,33-34,43-44,49,51-55,59,68-70,80,90-92,104-105H,9-14,17,19-20,23-26,28-32,35-41H2,1-8H3,(H2,78,94)(H,79,93)(H,81,99)(H,82,95)(H,83,97)(H,84,96)(H,85,98)/t43?,49-,51-,52-,53-,54-,55-,59?,68?,69?,70+,73-,74+,75?,76-,77-/m0/s1. The smallest absolute Gasteiger partial charge is 0.344 e. The zero-order valence-electron chi connectivity index (χ0n) is 63.5. The number of anilines is 1. The van der Waals surface area contributed by atoms with E-state index in [0.29, 0.717) is 112 Å². The lowest BCUT2D eigenvalue weighted by Crippen LogP contribution is -2.81. The first-order valence-corrected chi connectivity index (χ1v) is 38.3. The second-order valence-electron chi connectivity index (χ2n) is 31.1. The maximum absolute atomic E-state index is 15.8. The summed E-state index contributed by atoms with van der Waals surface area (Å²) in [4.78, 5) is 167. The summed E-state index contributed by atoms with van der Waals surface area (Å²) in [7, 11) is 5.77. The lowest BCUT2D eigenvalue weighted by atomic mass is 9.47. The van der Waals surface area contributed by atoms with Crippen molar-refractivity contribution >= 4 is 81.8 Å². The van der Waals surface area contributed by atoms with Crippen LogP contribution in [-0.2, 0) is 84.2 Å². The number of esters is 3. The lowest BCUT2D eigenvalue weighted by Gasteiger charge is -2.63. The first kappa shape index (κ1) is 81.2. The first-order valence-electron chi connectivity index (χ1n) is 38.3. The monoisotopic (exact) mass is 1520 g/mol. The largest absolute Gasteiger partial charge is 0.496 e. The Bertz CT molecular complexity index is 4020. The SMILES string of the molecule is CC[C@H](NC(C)=O)C(=O)N[C@@H](CO)C(=O)N[C@@H](CO)C(=O)NC(C(=O)N[C@@H](CCC(N)=O)C(=O)N[C@@H](CO)C(=O)N1CCC[C@H]1C(=O)O[C@@H]1[C@]2(CC)C=CCN3CCC4(c5cc([C@@]6(C(=O)OC)CC7CN(CCc8c6[nH]c6ccccc86)C[C@](O)(CC)C7)c(OC)cc5N(C)C4[C@@]1(O)C(=O)OC)C32)C1CCCCC1. The van der Waals surface area contributed by atoms with E-state index in [4.69, 9.17) is 24.7 Å². The topological polar surface area (TPSA) is 453 Å². The summed E-state index contributed by atoms with van der Waals surface area (Å²) in [5.74, 6) is -10.6. The Labute approximate surface area is 633 Å². The number of hydrogen-bond donors (Lipinski definition) is 13. The highest BCUT2D eigenvalue weighted by molar-refractivity contribution is 5.99. The van der Waals surface area contributed by atoms with E-state index in [0.717, 1.165) is 34.9 Å². The number of nitrogens with one attached hydrogen (secondary N) is 7. The molecule has 596 valence electrons. The molecule has 32 heteroatoms. The number of amides is 8. The number of methoxy groups -OCH3 is 3. The van der Waals surface area contributed by atoms with E-state index in [1.807, 2.05) is 67.3 Å². The Balaban J connectivity index is 0.882. The van der Waals surface area contributed by atoms with Crippen LogP contribution in [0.5, 0.6) is 5.75 Å². The van der Waals surface area contributed by atoms with Gasteiger partial charge >= 0.3 is 17.9 Å². The Morgan fingerprint density at radius 3 is 1.99 bits per heavy atom. The maximum Gasteiger partial charge on any atom is 0.344 e. The van der Waals surface area contributed by atoms with Gasteiger partial charge in [0, 0.05) is 104 Å². The number of likely N-dealkylation sites (tertiary alicyclic amines) is 1. The molecule has 7 heterocycles. The molecule has 17 atom stereocenters. The van der Waals surface area contributed by atoms with Gasteiger partial charge in [0.05, 0.1) is 52.8 Å². The number of primary amides is 1. The Hall–Kier alpha value is -8.79. The van der Waals surface area contributed by atoms with Gasteiger partial charge in [-0.3, -0.25) is 53.0 Å². The summed E-state index contributed by atoms with van der Waals surface area (Å²) in [6, 6.07) is -0.992. The second-order valence-corrected chi connectivity index (χ2v) is 31.1. The predicted molar refractivity (Wildman–Crippen MR) is 393 cm³/mol. The van der Waals surface area contributed by atoms with Crippen LogP contribution in [0, 0.1) is 17.3 Å². The van der Waals surface area contributed by atoms with Crippen molar-refractivity contribution in [2.45, 2.75) is 213 Å². The number of nitrogens with two attached hydrogens (primary N) is 1. The van der Waals surface area contributed by atoms with Crippen molar-refractivity contribution in [1.82, 2.24) is 51.6 Å². The highest BCUT2D eigenvalue weighted by atomic mass is 16.6. The number of H-pyrrole nitrogens is 1. The number of aliphatic hydroxyl groups is 5. The molecular formula is C77H108N12O20. The van der Waals surface area contributed by atoms with Crippen molar-refractivity contribution in [3.63, 3.8) is 0 Å². The maximum atomic E-state index is 15.8. The Kier molecular flexibility index (Phi) is 24.6. The number of benzene rings is 2. The fraction of sp³-hybridized carbons (Fsp3) is 0.649. The number of rotatable bonds is 28. The number of nitrogens with zero attached hydrogens (tertiary/aromatic N) is 4. The molecule has 2 bridgehead atoms. The number of carbonyl (C=O) groups excluding carboxylic acids is 11. The molecule has 1 spiro atoms. The zero-order valence-corrected chi connectivity index (χ0v) is 63.5.